The molecule has 0 bridgehead atoms. The van der Waals surface area contributed by atoms with Gasteiger partial charge in [-0.1, -0.05) is 34.8 Å². The van der Waals surface area contributed by atoms with Gasteiger partial charge in [0.2, 0.25) is 0 Å². The number of alkyl halides is 1. The van der Waals surface area contributed by atoms with Crippen molar-refractivity contribution >= 4 is 39.8 Å². The second-order valence-corrected chi connectivity index (χ2v) is 3.82. The van der Waals surface area contributed by atoms with Gasteiger partial charge in [0.25, 0.3) is 0 Å². The van der Waals surface area contributed by atoms with Gasteiger partial charge in [0.1, 0.15) is 0 Å². The van der Waals surface area contributed by atoms with Crippen LogP contribution in [0.25, 0.3) is 0 Å². The predicted molar refractivity (Wildman–Crippen MR) is 49.8 cm³/mol. The second-order valence-electron chi connectivity index (χ2n) is 1.51. The number of hydrogen-bond donors (Lipinski definition) is 1. The van der Waals surface area contributed by atoms with Gasteiger partial charge in [-0.25, -0.2) is 0 Å². The first-order chi connectivity index (χ1) is 3.68. The SMILES string of the molecule is CCNC(=S)C(C)I. The lowest BCUT2D eigenvalue weighted by Crippen LogP contribution is -2.26. The fourth-order valence-electron chi connectivity index (χ4n) is 0.315. The molecule has 0 aliphatic rings. The second kappa shape index (κ2) is 4.49. The summed E-state index contributed by atoms with van der Waals surface area (Å²) < 4.78 is 0.461. The van der Waals surface area contributed by atoms with Crippen molar-refractivity contribution in [1.82, 2.24) is 5.32 Å². The lowest BCUT2D eigenvalue weighted by molar-refractivity contribution is 0.964. The fourth-order valence-corrected chi connectivity index (χ4v) is 0.679. The molecule has 0 amide bonds. The van der Waals surface area contributed by atoms with E-state index in [2.05, 4.69) is 34.8 Å². The van der Waals surface area contributed by atoms with Crippen molar-refractivity contribution in [2.75, 3.05) is 6.54 Å². The molecule has 0 aromatic carbocycles. The van der Waals surface area contributed by atoms with E-state index in [0.717, 1.165) is 11.5 Å². The summed E-state index contributed by atoms with van der Waals surface area (Å²) in [6.45, 7) is 5.06. The molecular weight excluding hydrogens is 233 g/mol. The van der Waals surface area contributed by atoms with E-state index in [1.165, 1.54) is 0 Å². The molecule has 1 unspecified atom stereocenters. The number of nitrogens with one attached hydrogen (secondary N) is 1. The van der Waals surface area contributed by atoms with Gasteiger partial charge in [-0.2, -0.15) is 0 Å². The van der Waals surface area contributed by atoms with Gasteiger partial charge < -0.3 is 5.32 Å². The lowest BCUT2D eigenvalue weighted by atomic mass is 10.5. The molecule has 8 heavy (non-hydrogen) atoms. The summed E-state index contributed by atoms with van der Waals surface area (Å²) in [7, 11) is 0. The molecule has 1 nitrogen and oxygen atoms in total. The number of hydrogen-bond acceptors (Lipinski definition) is 1. The number of halogens is 1. The molecule has 0 spiro atoms. The molecule has 3 heteroatoms. The largest absolute Gasteiger partial charge is 0.379 e. The number of rotatable bonds is 2. The Morgan fingerprint density at radius 1 is 1.88 bits per heavy atom. The van der Waals surface area contributed by atoms with Crippen molar-refractivity contribution in [3.8, 4) is 0 Å². The molecule has 0 saturated carbocycles. The van der Waals surface area contributed by atoms with Gasteiger partial charge in [-0.05, 0) is 13.8 Å². The van der Waals surface area contributed by atoms with Crippen LogP contribution in [-0.4, -0.2) is 15.5 Å². The van der Waals surface area contributed by atoms with E-state index in [1.807, 2.05) is 6.92 Å². The van der Waals surface area contributed by atoms with Crippen molar-refractivity contribution in [2.45, 2.75) is 17.8 Å². The summed E-state index contributed by atoms with van der Waals surface area (Å²) in [6.07, 6.45) is 0. The Kier molecular flexibility index (Phi) is 4.84. The Bertz CT molecular complexity index is 82.5. The predicted octanol–water partition coefficient (Wildman–Crippen LogP) is 1.75. The molecule has 0 radical (unpaired) electrons. The monoisotopic (exact) mass is 243 g/mol. The average Bonchev–Trinajstić information content (AvgIpc) is 1.67. The third-order valence-corrected chi connectivity index (χ3v) is 2.26. The minimum Gasteiger partial charge on any atom is -0.379 e. The highest BCUT2D eigenvalue weighted by molar-refractivity contribution is 14.1. The van der Waals surface area contributed by atoms with Gasteiger partial charge >= 0.3 is 0 Å². The van der Waals surface area contributed by atoms with Gasteiger partial charge in [0.15, 0.2) is 0 Å². The lowest BCUT2D eigenvalue weighted by Gasteiger charge is -2.05. The zero-order valence-electron chi connectivity index (χ0n) is 5.07. The van der Waals surface area contributed by atoms with Crippen LogP contribution in [0.4, 0.5) is 0 Å². The minimum atomic E-state index is 0.461. The quantitative estimate of drug-likeness (QED) is 0.450. The van der Waals surface area contributed by atoms with E-state index in [-0.39, 0.29) is 0 Å². The van der Waals surface area contributed by atoms with Gasteiger partial charge in [0.05, 0.1) is 8.91 Å². The molecule has 1 atom stereocenters. The van der Waals surface area contributed by atoms with Crippen molar-refractivity contribution in [1.29, 1.82) is 0 Å². The highest BCUT2D eigenvalue weighted by atomic mass is 127. The smallest absolute Gasteiger partial charge is 0.0880 e. The molecule has 0 rings (SSSR count). The Balaban J connectivity index is 3.33. The molecule has 0 aliphatic carbocycles. The first kappa shape index (κ1) is 8.62. The highest BCUT2D eigenvalue weighted by Crippen LogP contribution is 1.98. The van der Waals surface area contributed by atoms with Crippen LogP contribution in [0.5, 0.6) is 0 Å². The van der Waals surface area contributed by atoms with Crippen LogP contribution < -0.4 is 5.32 Å². The molecule has 0 aromatic rings. The van der Waals surface area contributed by atoms with E-state index >= 15 is 0 Å². The standard InChI is InChI=1S/C5H10INS/c1-3-7-5(8)4(2)6/h4H,3H2,1-2H3,(H,7,8). The van der Waals surface area contributed by atoms with Crippen molar-refractivity contribution in [3.05, 3.63) is 0 Å². The van der Waals surface area contributed by atoms with Crippen molar-refractivity contribution in [2.24, 2.45) is 0 Å². The average molecular weight is 243 g/mol. The third-order valence-electron chi connectivity index (χ3n) is 0.712. The Morgan fingerprint density at radius 2 is 2.38 bits per heavy atom. The molecule has 0 aliphatic heterocycles. The van der Waals surface area contributed by atoms with Gasteiger partial charge in [0, 0.05) is 6.54 Å². The van der Waals surface area contributed by atoms with Crippen LogP contribution in [-0.2, 0) is 0 Å². The molecule has 0 fully saturated rings. The number of thiocarbonyl (C=S) groups is 1. The van der Waals surface area contributed by atoms with Crippen LogP contribution in [0.1, 0.15) is 13.8 Å². The first-order valence-electron chi connectivity index (χ1n) is 2.60. The fraction of sp³-hybridized carbons (Fsp3) is 0.800. The van der Waals surface area contributed by atoms with Crippen LogP contribution in [0.2, 0.25) is 0 Å². The van der Waals surface area contributed by atoms with E-state index in [9.17, 15) is 0 Å². The molecule has 48 valence electrons. The molecule has 0 saturated heterocycles. The maximum atomic E-state index is 4.96. The van der Waals surface area contributed by atoms with Crippen LogP contribution in [0, 0.1) is 0 Å². The highest BCUT2D eigenvalue weighted by Gasteiger charge is 1.99. The van der Waals surface area contributed by atoms with Gasteiger partial charge in [-0.3, -0.25) is 0 Å². The third kappa shape index (κ3) is 3.60. The zero-order valence-corrected chi connectivity index (χ0v) is 8.04. The summed E-state index contributed by atoms with van der Waals surface area (Å²) >= 11 is 7.25. The molecule has 0 heterocycles. The maximum Gasteiger partial charge on any atom is 0.0880 e. The minimum absolute atomic E-state index is 0.461. The summed E-state index contributed by atoms with van der Waals surface area (Å²) in [5.41, 5.74) is 0. The van der Waals surface area contributed by atoms with E-state index in [1.54, 1.807) is 0 Å². The van der Waals surface area contributed by atoms with E-state index in [0.29, 0.717) is 3.92 Å². The Labute approximate surface area is 69.4 Å². The van der Waals surface area contributed by atoms with E-state index < -0.39 is 0 Å². The molecule has 1 N–H and O–H groups in total. The van der Waals surface area contributed by atoms with E-state index in [4.69, 9.17) is 12.2 Å². The topological polar surface area (TPSA) is 12.0 Å². The Hall–Kier alpha value is 0.620. The summed E-state index contributed by atoms with van der Waals surface area (Å²) in [4.78, 5) is 0.952. The summed E-state index contributed by atoms with van der Waals surface area (Å²) in [5.74, 6) is 0. The maximum absolute atomic E-state index is 4.96. The summed E-state index contributed by atoms with van der Waals surface area (Å²) in [5, 5.41) is 3.07. The molecular formula is C5H10INS. The van der Waals surface area contributed by atoms with Crippen molar-refractivity contribution in [3.63, 3.8) is 0 Å². The zero-order chi connectivity index (χ0) is 6.57. The summed E-state index contributed by atoms with van der Waals surface area (Å²) in [6, 6.07) is 0. The normalized spacial score (nSPS) is 12.9. The van der Waals surface area contributed by atoms with Crippen LogP contribution in [0.15, 0.2) is 0 Å². The van der Waals surface area contributed by atoms with Crippen LogP contribution >= 0.6 is 34.8 Å². The van der Waals surface area contributed by atoms with Crippen molar-refractivity contribution < 1.29 is 0 Å². The first-order valence-corrected chi connectivity index (χ1v) is 4.25. The van der Waals surface area contributed by atoms with Crippen LogP contribution in [0.3, 0.4) is 0 Å². The van der Waals surface area contributed by atoms with Gasteiger partial charge in [-0.15, -0.1) is 0 Å². The molecule has 0 aromatic heterocycles. The Morgan fingerprint density at radius 3 is 2.50 bits per heavy atom.